The molecule has 1 atom stereocenters. The van der Waals surface area contributed by atoms with E-state index in [0.29, 0.717) is 12.8 Å². The maximum Gasteiger partial charge on any atom is 0.357 e. The van der Waals surface area contributed by atoms with Gasteiger partial charge >= 0.3 is 7.60 Å². The number of hydrogen-bond donors (Lipinski definition) is 1. The van der Waals surface area contributed by atoms with Crippen LogP contribution in [0.1, 0.15) is 32.3 Å². The van der Waals surface area contributed by atoms with Crippen molar-refractivity contribution in [3.63, 3.8) is 0 Å². The molecule has 0 saturated carbocycles. The van der Waals surface area contributed by atoms with E-state index < -0.39 is 23.1 Å². The van der Waals surface area contributed by atoms with E-state index in [-0.39, 0.29) is 19.6 Å². The number of benzene rings is 2. The summed E-state index contributed by atoms with van der Waals surface area (Å²) < 4.78 is 22.2. The van der Waals surface area contributed by atoms with Crippen LogP contribution < -0.4 is 5.32 Å². The zero-order valence-corrected chi connectivity index (χ0v) is 19.5. The number of nitrogens with one attached hydrogen (secondary N) is 1. The second kappa shape index (κ2) is 11.0. The minimum atomic E-state index is -3.92. The van der Waals surface area contributed by atoms with Gasteiger partial charge in [0, 0.05) is 0 Å². The number of alkyl halides is 3. The van der Waals surface area contributed by atoms with E-state index in [1.54, 1.807) is 0 Å². The summed E-state index contributed by atoms with van der Waals surface area (Å²) in [4.78, 5) is 12.8. The quantitative estimate of drug-likeness (QED) is 0.323. The van der Waals surface area contributed by atoms with Crippen molar-refractivity contribution in [1.82, 2.24) is 5.32 Å². The van der Waals surface area contributed by atoms with E-state index in [1.807, 2.05) is 56.3 Å². The Morgan fingerprint density at radius 3 is 2.21 bits per heavy atom. The van der Waals surface area contributed by atoms with Gasteiger partial charge in [0.25, 0.3) is 0 Å². The Morgan fingerprint density at radius 2 is 1.62 bits per heavy atom. The number of amides is 1. The Labute approximate surface area is 186 Å². The Balaban J connectivity index is 2.26. The van der Waals surface area contributed by atoms with Gasteiger partial charge in [-0.05, 0) is 29.2 Å². The summed E-state index contributed by atoms with van der Waals surface area (Å²) >= 11 is 18.2. The Hall–Kier alpha value is -0.810. The van der Waals surface area contributed by atoms with E-state index in [0.717, 1.165) is 16.3 Å². The summed E-state index contributed by atoms with van der Waals surface area (Å²) in [5.41, 5.74) is 0.808. The van der Waals surface area contributed by atoms with Crippen molar-refractivity contribution < 1.29 is 18.4 Å². The third-order valence-electron chi connectivity index (χ3n) is 4.11. The molecule has 2 aromatic rings. The number of rotatable bonds is 10. The first-order chi connectivity index (χ1) is 13.7. The Morgan fingerprint density at radius 1 is 1.03 bits per heavy atom. The lowest BCUT2D eigenvalue weighted by Gasteiger charge is -2.31. The first-order valence-electron chi connectivity index (χ1n) is 9.42. The van der Waals surface area contributed by atoms with Crippen molar-refractivity contribution in [1.29, 1.82) is 0 Å². The van der Waals surface area contributed by atoms with E-state index >= 15 is 0 Å². The van der Waals surface area contributed by atoms with E-state index in [1.165, 1.54) is 0 Å². The molecular weight excluding hydrogens is 456 g/mol. The average molecular weight is 481 g/mol. The molecule has 0 radical (unpaired) electrons. The van der Waals surface area contributed by atoms with Crippen LogP contribution in [0.25, 0.3) is 10.8 Å². The van der Waals surface area contributed by atoms with Crippen LogP contribution in [-0.4, -0.2) is 28.7 Å². The minimum Gasteiger partial charge on any atom is -0.338 e. The first-order valence-corrected chi connectivity index (χ1v) is 12.2. The predicted octanol–water partition coefficient (Wildman–Crippen LogP) is 6.24. The van der Waals surface area contributed by atoms with Crippen molar-refractivity contribution in [2.75, 3.05) is 13.2 Å². The molecule has 29 heavy (non-hydrogen) atoms. The molecule has 2 rings (SSSR count). The largest absolute Gasteiger partial charge is 0.357 e. The van der Waals surface area contributed by atoms with Gasteiger partial charge in [-0.2, -0.15) is 0 Å². The maximum absolute atomic E-state index is 13.4. The third kappa shape index (κ3) is 6.85. The maximum atomic E-state index is 13.4. The smallest absolute Gasteiger partial charge is 0.338 e. The molecular formula is C20H25Cl3NO4P. The van der Waals surface area contributed by atoms with E-state index in [2.05, 4.69) is 5.32 Å². The van der Waals surface area contributed by atoms with Gasteiger partial charge < -0.3 is 14.4 Å². The first kappa shape index (κ1) is 24.5. The highest BCUT2D eigenvalue weighted by atomic mass is 35.6. The minimum absolute atomic E-state index is 0.0279. The summed E-state index contributed by atoms with van der Waals surface area (Å²) in [5, 5.41) is 4.54. The lowest BCUT2D eigenvalue weighted by molar-refractivity contribution is -0.120. The molecule has 0 bridgehead atoms. The summed E-state index contributed by atoms with van der Waals surface area (Å²) in [5.74, 6) is -1.88. The molecule has 0 spiro atoms. The van der Waals surface area contributed by atoms with Gasteiger partial charge in [0.15, 0.2) is 5.78 Å². The van der Waals surface area contributed by atoms with Crippen molar-refractivity contribution >= 4 is 59.1 Å². The fourth-order valence-corrected chi connectivity index (χ4v) is 5.93. The molecule has 0 saturated heterocycles. The highest BCUT2D eigenvalue weighted by Gasteiger charge is 2.49. The molecule has 0 aromatic heterocycles. The number of fused-ring (bicyclic) bond motifs is 1. The molecule has 0 aliphatic heterocycles. The SMILES string of the molecule is CCCOP(=O)(OCCC)[C@@H](NC(=O)Cc1cccc2ccccc12)C(Cl)(Cl)Cl. The normalized spacial score (nSPS) is 13.4. The standard InChI is InChI=1S/C20H25Cl3NO4P/c1-3-12-27-29(26,28-13-4-2)19(20(21,22)23)24-18(25)14-16-10-7-9-15-8-5-6-11-17(15)16/h5-11,19H,3-4,12-14H2,1-2H3,(H,24,25)/t19-/m1/s1. The molecule has 1 amide bonds. The van der Waals surface area contributed by atoms with Gasteiger partial charge in [-0.3, -0.25) is 9.36 Å². The second-order valence-electron chi connectivity index (χ2n) is 6.53. The molecule has 0 unspecified atom stereocenters. The van der Waals surface area contributed by atoms with Crippen molar-refractivity contribution in [2.24, 2.45) is 0 Å². The topological polar surface area (TPSA) is 64.6 Å². The van der Waals surface area contributed by atoms with Crippen LogP contribution in [0.3, 0.4) is 0 Å². The fourth-order valence-electron chi connectivity index (χ4n) is 2.79. The molecule has 5 nitrogen and oxygen atoms in total. The summed E-state index contributed by atoms with van der Waals surface area (Å²) in [6.45, 7) is 4.01. The van der Waals surface area contributed by atoms with Crippen LogP contribution >= 0.6 is 42.4 Å². The van der Waals surface area contributed by atoms with Gasteiger partial charge in [-0.1, -0.05) is 91.1 Å². The van der Waals surface area contributed by atoms with Crippen LogP contribution in [0.15, 0.2) is 42.5 Å². The molecule has 0 aliphatic carbocycles. The summed E-state index contributed by atoms with van der Waals surface area (Å²) in [7, 11) is -3.92. The third-order valence-corrected chi connectivity index (χ3v) is 7.45. The van der Waals surface area contributed by atoms with Gasteiger partial charge in [0.1, 0.15) is 0 Å². The monoisotopic (exact) mass is 479 g/mol. The molecule has 160 valence electrons. The Kier molecular flexibility index (Phi) is 9.27. The van der Waals surface area contributed by atoms with Crippen LogP contribution in [0, 0.1) is 0 Å². The van der Waals surface area contributed by atoms with Crippen LogP contribution in [0.2, 0.25) is 0 Å². The fraction of sp³-hybridized carbons (Fsp3) is 0.450. The molecule has 2 aromatic carbocycles. The summed E-state index contributed by atoms with van der Waals surface area (Å²) in [6, 6.07) is 13.4. The van der Waals surface area contributed by atoms with Gasteiger partial charge in [0.2, 0.25) is 9.70 Å². The lowest BCUT2D eigenvalue weighted by Crippen LogP contribution is -2.45. The van der Waals surface area contributed by atoms with E-state index in [4.69, 9.17) is 43.9 Å². The summed E-state index contributed by atoms with van der Waals surface area (Å²) in [6.07, 6.45) is 1.21. The number of hydrogen-bond acceptors (Lipinski definition) is 4. The highest BCUT2D eigenvalue weighted by Crippen LogP contribution is 2.59. The highest BCUT2D eigenvalue weighted by molar-refractivity contribution is 7.55. The lowest BCUT2D eigenvalue weighted by atomic mass is 10.0. The van der Waals surface area contributed by atoms with E-state index in [9.17, 15) is 9.36 Å². The predicted molar refractivity (Wildman–Crippen MR) is 120 cm³/mol. The molecule has 0 aliphatic rings. The number of carbonyl (C=O) groups excluding carboxylic acids is 1. The van der Waals surface area contributed by atoms with Crippen molar-refractivity contribution in [3.05, 3.63) is 48.0 Å². The molecule has 9 heteroatoms. The van der Waals surface area contributed by atoms with Gasteiger partial charge in [0.05, 0.1) is 19.6 Å². The van der Waals surface area contributed by atoms with Crippen LogP contribution in [-0.2, 0) is 24.8 Å². The molecule has 1 N–H and O–H groups in total. The van der Waals surface area contributed by atoms with Crippen LogP contribution in [0.4, 0.5) is 0 Å². The van der Waals surface area contributed by atoms with Crippen molar-refractivity contribution in [2.45, 2.75) is 42.7 Å². The molecule has 0 fully saturated rings. The number of carbonyl (C=O) groups is 1. The van der Waals surface area contributed by atoms with Gasteiger partial charge in [-0.15, -0.1) is 0 Å². The zero-order valence-electron chi connectivity index (χ0n) is 16.4. The van der Waals surface area contributed by atoms with Gasteiger partial charge in [-0.25, -0.2) is 0 Å². The molecule has 0 heterocycles. The second-order valence-corrected chi connectivity index (χ2v) is 11.0. The number of halogens is 3. The van der Waals surface area contributed by atoms with Crippen molar-refractivity contribution in [3.8, 4) is 0 Å². The zero-order chi connectivity index (χ0) is 21.5. The Bertz CT molecular complexity index is 855. The van der Waals surface area contributed by atoms with Crippen LogP contribution in [0.5, 0.6) is 0 Å². The average Bonchev–Trinajstić information content (AvgIpc) is 2.68.